The molecule has 1 aromatic carbocycles. The highest BCUT2D eigenvalue weighted by Crippen LogP contribution is 2.38. The van der Waals surface area contributed by atoms with E-state index >= 15 is 0 Å². The molecule has 1 fully saturated rings. The lowest BCUT2D eigenvalue weighted by Crippen LogP contribution is -2.50. The van der Waals surface area contributed by atoms with E-state index in [1.54, 1.807) is 17.0 Å². The number of halogens is 2. The van der Waals surface area contributed by atoms with E-state index < -0.39 is 5.92 Å². The molecule has 3 rings (SSSR count). The number of carbonyl (C=O) groups is 2. The molecule has 3 atom stereocenters. The Morgan fingerprint density at radius 3 is 2.83 bits per heavy atom. The van der Waals surface area contributed by atoms with Gasteiger partial charge in [-0.15, -0.1) is 0 Å². The smallest absolute Gasteiger partial charge is 0.309 e. The Hall–Kier alpha value is -1.52. The number of methoxy groups -OCH3 is 1. The minimum absolute atomic E-state index is 0.0112. The van der Waals surface area contributed by atoms with Crippen molar-refractivity contribution in [2.75, 3.05) is 13.7 Å². The molecule has 0 radical (unpaired) electrons. The monoisotopic (exact) mass is 367 g/mol. The van der Waals surface area contributed by atoms with Crippen LogP contribution in [0, 0.1) is 17.8 Å². The predicted molar refractivity (Wildman–Crippen MR) is 92.7 cm³/mol. The Morgan fingerprint density at radius 2 is 2.12 bits per heavy atom. The van der Waals surface area contributed by atoms with Gasteiger partial charge < -0.3 is 9.64 Å². The summed E-state index contributed by atoms with van der Waals surface area (Å²) in [5.74, 6) is -0.912. The molecule has 0 saturated carbocycles. The zero-order chi connectivity index (χ0) is 17.3. The summed E-state index contributed by atoms with van der Waals surface area (Å²) >= 11 is 12.0. The van der Waals surface area contributed by atoms with Gasteiger partial charge in [0.1, 0.15) is 0 Å². The van der Waals surface area contributed by atoms with Crippen molar-refractivity contribution in [1.29, 1.82) is 0 Å². The van der Waals surface area contributed by atoms with Crippen LogP contribution in [0.25, 0.3) is 0 Å². The van der Waals surface area contributed by atoms with Gasteiger partial charge in [-0.3, -0.25) is 9.59 Å². The van der Waals surface area contributed by atoms with Crippen LogP contribution in [0.4, 0.5) is 0 Å². The fourth-order valence-electron chi connectivity index (χ4n) is 3.63. The van der Waals surface area contributed by atoms with Gasteiger partial charge in [0.2, 0.25) is 5.91 Å². The van der Waals surface area contributed by atoms with Gasteiger partial charge >= 0.3 is 5.97 Å². The molecule has 2 aliphatic rings. The van der Waals surface area contributed by atoms with Crippen LogP contribution in [-0.2, 0) is 20.9 Å². The second kappa shape index (κ2) is 7.16. The summed E-state index contributed by atoms with van der Waals surface area (Å²) in [6.07, 6.45) is 5.46. The van der Waals surface area contributed by atoms with Crippen LogP contribution in [-0.4, -0.2) is 30.4 Å². The average Bonchev–Trinajstić information content (AvgIpc) is 2.59. The van der Waals surface area contributed by atoms with E-state index in [4.69, 9.17) is 27.9 Å². The molecule has 6 heteroatoms. The number of fused-ring (bicyclic) bond motifs is 1. The largest absolute Gasteiger partial charge is 0.469 e. The maximum atomic E-state index is 13.0. The van der Waals surface area contributed by atoms with Crippen molar-refractivity contribution < 1.29 is 14.3 Å². The first-order valence-corrected chi connectivity index (χ1v) is 8.74. The van der Waals surface area contributed by atoms with Gasteiger partial charge in [-0.2, -0.15) is 0 Å². The number of nitrogens with zero attached hydrogens (tertiary/aromatic N) is 1. The minimum atomic E-state index is -0.394. The summed E-state index contributed by atoms with van der Waals surface area (Å²) in [6.45, 7) is 1.13. The molecule has 0 spiro atoms. The fraction of sp³-hybridized carbons (Fsp3) is 0.444. The first-order chi connectivity index (χ1) is 11.5. The number of hydrogen-bond donors (Lipinski definition) is 0. The molecule has 1 heterocycles. The summed E-state index contributed by atoms with van der Waals surface area (Å²) < 4.78 is 4.89. The Kier molecular flexibility index (Phi) is 5.16. The Morgan fingerprint density at radius 1 is 1.33 bits per heavy atom. The van der Waals surface area contributed by atoms with E-state index in [9.17, 15) is 9.59 Å². The highest BCUT2D eigenvalue weighted by molar-refractivity contribution is 6.42. The molecule has 1 saturated heterocycles. The number of hydrogen-bond acceptors (Lipinski definition) is 3. The molecule has 0 aromatic heterocycles. The van der Waals surface area contributed by atoms with E-state index in [1.807, 2.05) is 12.1 Å². The van der Waals surface area contributed by atoms with Crippen LogP contribution < -0.4 is 0 Å². The third-order valence-electron chi connectivity index (χ3n) is 4.86. The van der Waals surface area contributed by atoms with Crippen molar-refractivity contribution in [3.63, 3.8) is 0 Å². The van der Waals surface area contributed by atoms with E-state index in [-0.39, 0.29) is 23.7 Å². The average molecular weight is 368 g/mol. The van der Waals surface area contributed by atoms with Crippen LogP contribution in [0.2, 0.25) is 10.0 Å². The molecule has 0 bridgehead atoms. The molecule has 1 aliphatic heterocycles. The van der Waals surface area contributed by atoms with Gasteiger partial charge in [-0.25, -0.2) is 0 Å². The van der Waals surface area contributed by atoms with Gasteiger partial charge in [0.05, 0.1) is 29.0 Å². The van der Waals surface area contributed by atoms with Crippen molar-refractivity contribution in [1.82, 2.24) is 4.90 Å². The molecular weight excluding hydrogens is 349 g/mol. The number of ether oxygens (including phenoxy) is 1. The van der Waals surface area contributed by atoms with E-state index in [0.717, 1.165) is 12.0 Å². The number of likely N-dealkylation sites (tertiary alicyclic amines) is 1. The van der Waals surface area contributed by atoms with Crippen LogP contribution in [0.1, 0.15) is 18.4 Å². The topological polar surface area (TPSA) is 46.6 Å². The van der Waals surface area contributed by atoms with Crippen molar-refractivity contribution in [3.05, 3.63) is 46.0 Å². The van der Waals surface area contributed by atoms with E-state index in [0.29, 0.717) is 29.6 Å². The molecule has 1 aliphatic carbocycles. The van der Waals surface area contributed by atoms with Crippen LogP contribution in [0.3, 0.4) is 0 Å². The maximum absolute atomic E-state index is 13.0. The lowest BCUT2D eigenvalue weighted by molar-refractivity contribution is -0.157. The second-order valence-electron chi connectivity index (χ2n) is 6.28. The summed E-state index contributed by atoms with van der Waals surface area (Å²) in [5, 5.41) is 0.971. The normalized spacial score (nSPS) is 26.2. The molecular formula is C18H19Cl2NO3. The fourth-order valence-corrected chi connectivity index (χ4v) is 3.95. The summed E-state index contributed by atoms with van der Waals surface area (Å²) in [7, 11) is 1.37. The number of benzene rings is 1. The van der Waals surface area contributed by atoms with Crippen LogP contribution >= 0.6 is 23.2 Å². The molecule has 24 heavy (non-hydrogen) atoms. The second-order valence-corrected chi connectivity index (χ2v) is 7.09. The molecule has 128 valence electrons. The van der Waals surface area contributed by atoms with Crippen molar-refractivity contribution in [3.8, 4) is 0 Å². The SMILES string of the molecule is COC(=O)C1CC=C[C@@H]2CCN(Cc3ccc(Cl)c(Cl)c3)C(=O)[C@H]12. The van der Waals surface area contributed by atoms with Gasteiger partial charge in [-0.1, -0.05) is 41.4 Å². The van der Waals surface area contributed by atoms with Crippen molar-refractivity contribution in [2.45, 2.75) is 19.4 Å². The number of amides is 1. The lowest BCUT2D eigenvalue weighted by Gasteiger charge is -2.41. The first-order valence-electron chi connectivity index (χ1n) is 7.98. The Balaban J connectivity index is 1.79. The predicted octanol–water partition coefficient (Wildman–Crippen LogP) is 3.71. The summed E-state index contributed by atoms with van der Waals surface area (Å²) in [6, 6.07) is 5.38. The number of esters is 1. The molecule has 1 unspecified atom stereocenters. The molecule has 4 nitrogen and oxygen atoms in total. The highest BCUT2D eigenvalue weighted by Gasteiger charge is 2.44. The zero-order valence-electron chi connectivity index (χ0n) is 13.4. The third-order valence-corrected chi connectivity index (χ3v) is 5.60. The van der Waals surface area contributed by atoms with Crippen molar-refractivity contribution in [2.24, 2.45) is 17.8 Å². The Labute approximate surface area is 151 Å². The summed E-state index contributed by atoms with van der Waals surface area (Å²) in [5.41, 5.74) is 0.928. The maximum Gasteiger partial charge on any atom is 0.309 e. The first kappa shape index (κ1) is 17.3. The molecule has 1 aromatic rings. The number of piperidine rings is 1. The van der Waals surface area contributed by atoms with E-state index in [1.165, 1.54) is 7.11 Å². The number of carbonyl (C=O) groups excluding carboxylic acids is 2. The quantitative estimate of drug-likeness (QED) is 0.604. The minimum Gasteiger partial charge on any atom is -0.469 e. The molecule has 1 amide bonds. The summed E-state index contributed by atoms with van der Waals surface area (Å²) in [4.78, 5) is 26.8. The van der Waals surface area contributed by atoms with E-state index in [2.05, 4.69) is 6.08 Å². The van der Waals surface area contributed by atoms with Gasteiger partial charge in [0, 0.05) is 13.1 Å². The van der Waals surface area contributed by atoms with Crippen molar-refractivity contribution >= 4 is 35.1 Å². The Bertz CT molecular complexity index is 689. The zero-order valence-corrected chi connectivity index (χ0v) is 14.9. The third kappa shape index (κ3) is 3.31. The van der Waals surface area contributed by atoms with Gasteiger partial charge in [0.25, 0.3) is 0 Å². The number of rotatable bonds is 3. The molecule has 0 N–H and O–H groups in total. The highest BCUT2D eigenvalue weighted by atomic mass is 35.5. The van der Waals surface area contributed by atoms with Gasteiger partial charge in [-0.05, 0) is 36.5 Å². The van der Waals surface area contributed by atoms with Gasteiger partial charge in [0.15, 0.2) is 0 Å². The standard InChI is InChI=1S/C18H19Cl2NO3/c1-24-18(23)13-4-2-3-12-7-8-21(17(22)16(12)13)10-11-5-6-14(19)15(20)9-11/h2-3,5-6,9,12-13,16H,4,7-8,10H2,1H3/t12-,13?,16+/m1/s1. The number of allylic oxidation sites excluding steroid dienone is 2. The van der Waals surface area contributed by atoms with Crippen LogP contribution in [0.15, 0.2) is 30.4 Å². The lowest BCUT2D eigenvalue weighted by atomic mass is 9.71. The van der Waals surface area contributed by atoms with Crippen LogP contribution in [0.5, 0.6) is 0 Å².